The quantitative estimate of drug-likeness (QED) is 0.598. The van der Waals surface area contributed by atoms with Gasteiger partial charge in [-0.15, -0.1) is 0 Å². The van der Waals surface area contributed by atoms with Gasteiger partial charge in [0, 0.05) is 34.1 Å². The van der Waals surface area contributed by atoms with Gasteiger partial charge in [0.15, 0.2) is 0 Å². The van der Waals surface area contributed by atoms with E-state index >= 15 is 0 Å². The zero-order chi connectivity index (χ0) is 13.8. The minimum atomic E-state index is 0.763. The highest BCUT2D eigenvalue weighted by molar-refractivity contribution is 9.10. The van der Waals surface area contributed by atoms with Gasteiger partial charge in [0.2, 0.25) is 0 Å². The lowest BCUT2D eigenvalue weighted by molar-refractivity contribution is 0.912. The van der Waals surface area contributed by atoms with Crippen LogP contribution in [0.2, 0.25) is 5.02 Å². The Hall–Kier alpha value is -0.510. The molecule has 0 spiro atoms. The van der Waals surface area contributed by atoms with Gasteiger partial charge in [-0.1, -0.05) is 67.7 Å². The number of benzene rings is 2. The molecule has 0 N–H and O–H groups in total. The van der Waals surface area contributed by atoms with Gasteiger partial charge in [0.25, 0.3) is 0 Å². The second-order valence-electron chi connectivity index (χ2n) is 4.35. The van der Waals surface area contributed by atoms with Crippen molar-refractivity contribution in [1.82, 2.24) is 0 Å². The lowest BCUT2D eigenvalue weighted by Crippen LogP contribution is -2.18. The van der Waals surface area contributed by atoms with Crippen LogP contribution in [-0.4, -0.2) is 7.05 Å². The molecule has 0 amide bonds. The van der Waals surface area contributed by atoms with Gasteiger partial charge in [0.05, 0.1) is 0 Å². The maximum atomic E-state index is 6.10. The molecule has 2 aromatic carbocycles. The van der Waals surface area contributed by atoms with Crippen LogP contribution in [0.25, 0.3) is 0 Å². The Bertz CT molecular complexity index is 572. The molecule has 2 rings (SSSR count). The number of halogens is 3. The van der Waals surface area contributed by atoms with Crippen molar-refractivity contribution in [1.29, 1.82) is 0 Å². The van der Waals surface area contributed by atoms with Gasteiger partial charge in [-0.25, -0.2) is 0 Å². The monoisotopic (exact) mass is 401 g/mol. The van der Waals surface area contributed by atoms with Gasteiger partial charge in [0.1, 0.15) is 0 Å². The van der Waals surface area contributed by atoms with E-state index in [-0.39, 0.29) is 0 Å². The summed E-state index contributed by atoms with van der Waals surface area (Å²) in [6, 6.07) is 14.3. The second kappa shape index (κ2) is 6.78. The van der Waals surface area contributed by atoms with Gasteiger partial charge in [-0.2, -0.15) is 0 Å². The number of nitrogens with zero attached hydrogens (tertiary/aromatic N) is 1. The zero-order valence-electron chi connectivity index (χ0n) is 10.5. The van der Waals surface area contributed by atoms with E-state index in [0.29, 0.717) is 0 Å². The van der Waals surface area contributed by atoms with E-state index in [1.165, 1.54) is 11.1 Å². The normalized spacial score (nSPS) is 10.5. The zero-order valence-corrected chi connectivity index (χ0v) is 14.5. The summed E-state index contributed by atoms with van der Waals surface area (Å²) < 4.78 is 1.13. The van der Waals surface area contributed by atoms with E-state index in [0.717, 1.165) is 27.1 Å². The number of anilines is 1. The average Bonchev–Trinajstić information content (AvgIpc) is 2.41. The molecule has 0 heterocycles. The Morgan fingerprint density at radius 1 is 1.11 bits per heavy atom. The SMILES string of the molecule is CN(Cc1ccccc1Br)c1cc(Cl)ccc1CBr. The second-order valence-corrected chi connectivity index (χ2v) is 6.21. The first-order valence-electron chi connectivity index (χ1n) is 5.90. The molecule has 0 unspecified atom stereocenters. The molecule has 100 valence electrons. The maximum Gasteiger partial charge on any atom is 0.0437 e. The van der Waals surface area contributed by atoms with Crippen LogP contribution in [0.4, 0.5) is 5.69 Å². The molecule has 0 aromatic heterocycles. The van der Waals surface area contributed by atoms with Crippen LogP contribution in [0.5, 0.6) is 0 Å². The molecule has 0 atom stereocenters. The van der Waals surface area contributed by atoms with Crippen molar-refractivity contribution in [2.24, 2.45) is 0 Å². The lowest BCUT2D eigenvalue weighted by Gasteiger charge is -2.23. The summed E-state index contributed by atoms with van der Waals surface area (Å²) in [4.78, 5) is 2.21. The molecular formula is C15H14Br2ClN. The molecular weight excluding hydrogens is 389 g/mol. The summed E-state index contributed by atoms with van der Waals surface area (Å²) in [5, 5.41) is 1.58. The number of hydrogen-bond donors (Lipinski definition) is 0. The minimum Gasteiger partial charge on any atom is -0.370 e. The molecule has 4 heteroatoms. The minimum absolute atomic E-state index is 0.763. The van der Waals surface area contributed by atoms with Crippen LogP contribution >= 0.6 is 43.5 Å². The largest absolute Gasteiger partial charge is 0.370 e. The summed E-state index contributed by atoms with van der Waals surface area (Å²) in [5.41, 5.74) is 3.64. The van der Waals surface area contributed by atoms with Crippen molar-refractivity contribution in [2.75, 3.05) is 11.9 Å². The fourth-order valence-electron chi connectivity index (χ4n) is 1.97. The maximum absolute atomic E-state index is 6.10. The van der Waals surface area contributed by atoms with Crippen LogP contribution in [-0.2, 0) is 11.9 Å². The smallest absolute Gasteiger partial charge is 0.0437 e. The van der Waals surface area contributed by atoms with E-state index in [4.69, 9.17) is 11.6 Å². The molecule has 0 aliphatic rings. The molecule has 2 aromatic rings. The number of rotatable bonds is 4. The predicted molar refractivity (Wildman–Crippen MR) is 90.3 cm³/mol. The molecule has 0 fully saturated rings. The van der Waals surface area contributed by atoms with Gasteiger partial charge in [-0.05, 0) is 29.3 Å². The van der Waals surface area contributed by atoms with Crippen molar-refractivity contribution < 1.29 is 0 Å². The summed E-state index contributed by atoms with van der Waals surface area (Å²) in [7, 11) is 2.08. The van der Waals surface area contributed by atoms with Crippen LogP contribution in [0.3, 0.4) is 0 Å². The van der Waals surface area contributed by atoms with Crippen LogP contribution < -0.4 is 4.90 Å². The topological polar surface area (TPSA) is 3.24 Å². The Labute approximate surface area is 135 Å². The Morgan fingerprint density at radius 3 is 2.53 bits per heavy atom. The van der Waals surface area contributed by atoms with Crippen molar-refractivity contribution in [3.63, 3.8) is 0 Å². The highest BCUT2D eigenvalue weighted by Gasteiger charge is 2.09. The Balaban J connectivity index is 2.27. The van der Waals surface area contributed by atoms with Crippen molar-refractivity contribution >= 4 is 49.1 Å². The summed E-state index contributed by atoms with van der Waals surface area (Å²) in [5.74, 6) is 0. The molecule has 19 heavy (non-hydrogen) atoms. The highest BCUT2D eigenvalue weighted by atomic mass is 79.9. The summed E-state index contributed by atoms with van der Waals surface area (Å²) >= 11 is 13.2. The summed E-state index contributed by atoms with van der Waals surface area (Å²) in [6.07, 6.45) is 0. The van der Waals surface area contributed by atoms with E-state index in [1.54, 1.807) is 0 Å². The highest BCUT2D eigenvalue weighted by Crippen LogP contribution is 2.28. The number of hydrogen-bond acceptors (Lipinski definition) is 1. The van der Waals surface area contributed by atoms with Crippen LogP contribution in [0, 0.1) is 0 Å². The third-order valence-electron chi connectivity index (χ3n) is 2.97. The molecule has 0 bridgehead atoms. The van der Waals surface area contributed by atoms with E-state index < -0.39 is 0 Å². The molecule has 1 nitrogen and oxygen atoms in total. The van der Waals surface area contributed by atoms with Gasteiger partial charge < -0.3 is 4.90 Å². The first-order chi connectivity index (χ1) is 9.11. The molecule has 0 saturated heterocycles. The van der Waals surface area contributed by atoms with Crippen LogP contribution in [0.1, 0.15) is 11.1 Å². The third-order valence-corrected chi connectivity index (χ3v) is 4.58. The average molecular weight is 404 g/mol. The third kappa shape index (κ3) is 3.74. The molecule has 0 radical (unpaired) electrons. The van der Waals surface area contributed by atoms with Crippen LogP contribution in [0.15, 0.2) is 46.9 Å². The number of alkyl halides is 1. The Kier molecular flexibility index (Phi) is 5.31. The fraction of sp³-hybridized carbons (Fsp3) is 0.200. The Morgan fingerprint density at radius 2 is 1.84 bits per heavy atom. The van der Waals surface area contributed by atoms with E-state index in [9.17, 15) is 0 Å². The molecule has 0 aliphatic carbocycles. The van der Waals surface area contributed by atoms with Crippen molar-refractivity contribution in [2.45, 2.75) is 11.9 Å². The van der Waals surface area contributed by atoms with E-state index in [1.807, 2.05) is 18.2 Å². The first kappa shape index (κ1) is 14.9. The van der Waals surface area contributed by atoms with Crippen molar-refractivity contribution in [3.8, 4) is 0 Å². The lowest BCUT2D eigenvalue weighted by atomic mass is 10.1. The van der Waals surface area contributed by atoms with Crippen molar-refractivity contribution in [3.05, 3.63) is 63.1 Å². The fourth-order valence-corrected chi connectivity index (χ4v) is 3.02. The van der Waals surface area contributed by atoms with Gasteiger partial charge in [-0.3, -0.25) is 0 Å². The predicted octanol–water partition coefficient (Wildman–Crippen LogP) is 5.63. The van der Waals surface area contributed by atoms with E-state index in [2.05, 4.69) is 68.1 Å². The molecule has 0 saturated carbocycles. The van der Waals surface area contributed by atoms with Gasteiger partial charge >= 0.3 is 0 Å². The standard InChI is InChI=1S/C15H14Br2ClN/c1-19(10-12-4-2-3-5-14(12)17)15-8-13(18)7-6-11(15)9-16/h2-8H,9-10H2,1H3. The first-order valence-corrected chi connectivity index (χ1v) is 8.20. The summed E-state index contributed by atoms with van der Waals surface area (Å²) in [6.45, 7) is 0.835. The molecule has 0 aliphatic heterocycles.